The quantitative estimate of drug-likeness (QED) is 0.475. The van der Waals surface area contributed by atoms with Crippen LogP contribution in [0.2, 0.25) is 0 Å². The Morgan fingerprint density at radius 1 is 1.00 bits per heavy atom. The van der Waals surface area contributed by atoms with Crippen LogP contribution in [0.25, 0.3) is 0 Å². The minimum Gasteiger partial charge on any atom is -0.493 e. The topological polar surface area (TPSA) is 54.0 Å². The molecule has 5 rings (SSSR count). The van der Waals surface area contributed by atoms with Gasteiger partial charge in [-0.25, -0.2) is 8.87 Å². The smallest absolute Gasteiger partial charge is 0.493 e. The second-order valence-corrected chi connectivity index (χ2v) is 9.02. The molecule has 7 heteroatoms. The van der Waals surface area contributed by atoms with Gasteiger partial charge in [-0.3, -0.25) is 0 Å². The van der Waals surface area contributed by atoms with Gasteiger partial charge in [0, 0.05) is 24.3 Å². The zero-order valence-electron chi connectivity index (χ0n) is 19.0. The predicted molar refractivity (Wildman–Crippen MR) is 124 cm³/mol. The summed E-state index contributed by atoms with van der Waals surface area (Å²) >= 11 is 0. The molecule has 0 saturated carbocycles. The number of carbonyl (C=O) groups excluding carboxylic acids is 1. The molecule has 0 aliphatic carbocycles. The number of hydrogen-bond acceptors (Lipinski definition) is 5. The van der Waals surface area contributed by atoms with Gasteiger partial charge in [0.1, 0.15) is 17.3 Å². The molecule has 1 unspecified atom stereocenters. The number of rotatable bonds is 5. The molecule has 176 valence electrons. The van der Waals surface area contributed by atoms with Crippen LogP contribution >= 0.6 is 0 Å². The van der Waals surface area contributed by atoms with Crippen molar-refractivity contribution in [2.75, 3.05) is 33.5 Å². The Balaban J connectivity index is 1.35. The van der Waals surface area contributed by atoms with Crippen molar-refractivity contribution in [3.05, 3.63) is 84.2 Å². The molecule has 0 N–H and O–H groups in total. The van der Waals surface area contributed by atoms with Gasteiger partial charge in [-0.05, 0) is 42.0 Å². The van der Waals surface area contributed by atoms with E-state index in [1.165, 1.54) is 12.1 Å². The maximum Gasteiger partial charge on any atom is 0.521 e. The lowest BCUT2D eigenvalue weighted by Crippen LogP contribution is -2.58. The second-order valence-electron chi connectivity index (χ2n) is 9.02. The first-order valence-corrected chi connectivity index (χ1v) is 11.4. The highest BCUT2D eigenvalue weighted by Crippen LogP contribution is 2.38. The van der Waals surface area contributed by atoms with Crippen molar-refractivity contribution in [1.29, 1.82) is 0 Å². The van der Waals surface area contributed by atoms with Crippen LogP contribution in [-0.4, -0.2) is 44.1 Å². The third-order valence-electron chi connectivity index (χ3n) is 6.64. The zero-order chi connectivity index (χ0) is 23.5. The van der Waals surface area contributed by atoms with E-state index >= 15 is 0 Å². The Morgan fingerprint density at radius 3 is 2.56 bits per heavy atom. The van der Waals surface area contributed by atoms with Crippen molar-refractivity contribution in [3.63, 3.8) is 0 Å². The SMILES string of the molecule is C[N+]1(C(=O)Oc2ccccc2)CC[C@@H](c2ccc(F)cc2)[C@H](COc2ccc3c(c2)OCO3)C1. The highest BCUT2D eigenvalue weighted by atomic mass is 19.1. The van der Waals surface area contributed by atoms with E-state index in [1.54, 1.807) is 12.1 Å². The number of hydrogen-bond donors (Lipinski definition) is 0. The van der Waals surface area contributed by atoms with Crippen LogP contribution in [0.15, 0.2) is 72.8 Å². The Labute approximate surface area is 198 Å². The largest absolute Gasteiger partial charge is 0.521 e. The fraction of sp³-hybridized carbons (Fsp3) is 0.296. The first kappa shape index (κ1) is 22.2. The van der Waals surface area contributed by atoms with E-state index in [4.69, 9.17) is 18.9 Å². The van der Waals surface area contributed by atoms with E-state index in [2.05, 4.69) is 0 Å². The number of fused-ring (bicyclic) bond motifs is 1. The standard InChI is InChI=1S/C27H27FNO5/c1-29(27(30)34-22-5-3-2-4-6-22)14-13-24(19-7-9-21(28)10-8-19)20(16-29)17-31-23-11-12-25-26(15-23)33-18-32-25/h2-12,15,20,24H,13-14,16-18H2,1H3/q+1/t20-,24-,29?/m0/s1. The number of amides is 1. The first-order valence-electron chi connectivity index (χ1n) is 11.4. The van der Waals surface area contributed by atoms with Crippen LogP contribution < -0.4 is 18.9 Å². The summed E-state index contributed by atoms with van der Waals surface area (Å²) in [5, 5.41) is 0. The molecule has 1 saturated heterocycles. The fourth-order valence-electron chi connectivity index (χ4n) is 4.75. The van der Waals surface area contributed by atoms with Gasteiger partial charge in [-0.15, -0.1) is 0 Å². The molecule has 6 nitrogen and oxygen atoms in total. The molecule has 3 aromatic rings. The Bertz CT molecular complexity index is 1150. The molecular formula is C27H27FNO5+. The van der Waals surface area contributed by atoms with Crippen LogP contribution in [0.3, 0.4) is 0 Å². The van der Waals surface area contributed by atoms with Gasteiger partial charge in [-0.2, -0.15) is 4.79 Å². The number of likely N-dealkylation sites (tertiary alicyclic amines) is 1. The number of nitrogens with zero attached hydrogens (tertiary/aromatic N) is 1. The second kappa shape index (κ2) is 9.35. The van der Waals surface area contributed by atoms with Crippen LogP contribution in [0.1, 0.15) is 17.9 Å². The van der Waals surface area contributed by atoms with E-state index in [9.17, 15) is 9.18 Å². The fourth-order valence-corrected chi connectivity index (χ4v) is 4.75. The van der Waals surface area contributed by atoms with E-state index in [0.717, 1.165) is 12.0 Å². The summed E-state index contributed by atoms with van der Waals surface area (Å²) in [5.41, 5.74) is 1.04. The number of benzene rings is 3. The van der Waals surface area contributed by atoms with Gasteiger partial charge >= 0.3 is 6.09 Å². The van der Waals surface area contributed by atoms with Crippen LogP contribution in [-0.2, 0) is 0 Å². The lowest BCUT2D eigenvalue weighted by atomic mass is 9.80. The molecule has 0 spiro atoms. The monoisotopic (exact) mass is 464 g/mol. The Morgan fingerprint density at radius 2 is 1.76 bits per heavy atom. The highest BCUT2D eigenvalue weighted by molar-refractivity contribution is 5.63. The molecular weight excluding hydrogens is 437 g/mol. The molecule has 34 heavy (non-hydrogen) atoms. The van der Waals surface area contributed by atoms with Gasteiger partial charge in [0.05, 0.1) is 26.7 Å². The summed E-state index contributed by atoms with van der Waals surface area (Å²) in [7, 11) is 1.90. The maximum absolute atomic E-state index is 13.6. The van der Waals surface area contributed by atoms with Crippen molar-refractivity contribution >= 4 is 6.09 Å². The summed E-state index contributed by atoms with van der Waals surface area (Å²) < 4.78 is 36.4. The van der Waals surface area contributed by atoms with Crippen molar-refractivity contribution in [2.24, 2.45) is 5.92 Å². The lowest BCUT2D eigenvalue weighted by Gasteiger charge is -2.41. The summed E-state index contributed by atoms with van der Waals surface area (Å²) in [5.74, 6) is 2.43. The predicted octanol–water partition coefficient (Wildman–Crippen LogP) is 5.38. The Kier molecular flexibility index (Phi) is 6.11. The summed E-state index contributed by atoms with van der Waals surface area (Å²) in [6.45, 7) is 1.76. The number of carbonyl (C=O) groups is 1. The van der Waals surface area contributed by atoms with E-state index in [0.29, 0.717) is 42.7 Å². The Hall–Kier alpha value is -3.58. The highest BCUT2D eigenvalue weighted by Gasteiger charge is 2.45. The van der Waals surface area contributed by atoms with Gasteiger partial charge in [-0.1, -0.05) is 30.3 Å². The first-order chi connectivity index (χ1) is 16.5. The van der Waals surface area contributed by atoms with E-state index < -0.39 is 0 Å². The van der Waals surface area contributed by atoms with Crippen molar-refractivity contribution in [2.45, 2.75) is 12.3 Å². The third kappa shape index (κ3) is 4.70. The van der Waals surface area contributed by atoms with Crippen LogP contribution in [0.5, 0.6) is 23.0 Å². The molecule has 1 fully saturated rings. The molecule has 3 atom stereocenters. The molecule has 3 aromatic carbocycles. The van der Waals surface area contributed by atoms with Crippen molar-refractivity contribution in [3.8, 4) is 23.0 Å². The van der Waals surface area contributed by atoms with Gasteiger partial charge in [0.25, 0.3) is 0 Å². The number of para-hydroxylation sites is 1. The average molecular weight is 465 g/mol. The van der Waals surface area contributed by atoms with Gasteiger partial charge in [0.15, 0.2) is 11.5 Å². The summed E-state index contributed by atoms with van der Waals surface area (Å²) in [6, 6.07) is 21.2. The van der Waals surface area contributed by atoms with Gasteiger partial charge in [0.2, 0.25) is 6.79 Å². The molecule has 0 bridgehead atoms. The maximum atomic E-state index is 13.6. The molecule has 2 heterocycles. The van der Waals surface area contributed by atoms with Crippen molar-refractivity contribution in [1.82, 2.24) is 0 Å². The average Bonchev–Trinajstić information content (AvgIpc) is 3.32. The minimum absolute atomic E-state index is 0.0120. The third-order valence-corrected chi connectivity index (χ3v) is 6.64. The van der Waals surface area contributed by atoms with E-state index in [-0.39, 0.29) is 35.0 Å². The number of ether oxygens (including phenoxy) is 4. The van der Waals surface area contributed by atoms with Crippen LogP contribution in [0.4, 0.5) is 9.18 Å². The number of halogens is 1. The van der Waals surface area contributed by atoms with Crippen molar-refractivity contribution < 1.29 is 32.6 Å². The number of quaternary nitrogens is 1. The lowest BCUT2D eigenvalue weighted by molar-refractivity contribution is -0.846. The normalized spacial score (nSPS) is 23.4. The van der Waals surface area contributed by atoms with Crippen LogP contribution in [0, 0.1) is 11.7 Å². The summed E-state index contributed by atoms with van der Waals surface area (Å²) in [4.78, 5) is 13.2. The molecule has 0 radical (unpaired) electrons. The molecule has 0 aromatic heterocycles. The molecule has 1 amide bonds. The zero-order valence-corrected chi connectivity index (χ0v) is 19.0. The van der Waals surface area contributed by atoms with E-state index in [1.807, 2.05) is 55.6 Å². The molecule has 2 aliphatic heterocycles. The number of piperidine rings is 1. The summed E-state index contributed by atoms with van der Waals surface area (Å²) in [6.07, 6.45) is 0.457. The van der Waals surface area contributed by atoms with Gasteiger partial charge < -0.3 is 18.9 Å². The molecule has 2 aliphatic rings. The minimum atomic E-state index is -0.295.